The van der Waals surface area contributed by atoms with Gasteiger partial charge < -0.3 is 14.2 Å². The molecule has 1 atom stereocenters. The molecule has 0 aliphatic heterocycles. The number of unbranched alkanes of at least 4 members (excludes halogenated alkanes) is 30. The lowest BCUT2D eigenvalue weighted by Crippen LogP contribution is -2.30. The van der Waals surface area contributed by atoms with Crippen LogP contribution in [0.3, 0.4) is 0 Å². The molecule has 0 amide bonds. The van der Waals surface area contributed by atoms with Crippen molar-refractivity contribution in [3.63, 3.8) is 0 Å². The summed E-state index contributed by atoms with van der Waals surface area (Å²) < 4.78 is 16.7. The van der Waals surface area contributed by atoms with Gasteiger partial charge in [0.25, 0.3) is 0 Å². The number of hydrogen-bond acceptors (Lipinski definition) is 6. The number of carbonyl (C=O) groups is 3. The average Bonchev–Trinajstić information content (AvgIpc) is 3.21. The van der Waals surface area contributed by atoms with Crippen molar-refractivity contribution in [1.29, 1.82) is 0 Å². The number of ether oxygens (including phenoxy) is 3. The third-order valence-electron chi connectivity index (χ3n) is 10.9. The van der Waals surface area contributed by atoms with Crippen molar-refractivity contribution < 1.29 is 28.6 Å². The summed E-state index contributed by atoms with van der Waals surface area (Å²) >= 11 is 0. The van der Waals surface area contributed by atoms with E-state index in [0.717, 1.165) is 70.6 Å². The van der Waals surface area contributed by atoms with E-state index in [0.29, 0.717) is 19.3 Å². The van der Waals surface area contributed by atoms with Crippen LogP contribution in [-0.2, 0) is 28.6 Å². The normalized spacial score (nSPS) is 12.1. The van der Waals surface area contributed by atoms with E-state index in [1.807, 2.05) is 0 Å². The Morgan fingerprint density at radius 1 is 0.333 bits per heavy atom. The van der Waals surface area contributed by atoms with Crippen LogP contribution in [0.2, 0.25) is 0 Å². The second-order valence-electron chi connectivity index (χ2n) is 16.7. The highest BCUT2D eigenvalue weighted by Crippen LogP contribution is 2.15. The third-order valence-corrected chi connectivity index (χ3v) is 10.9. The van der Waals surface area contributed by atoms with Crippen LogP contribution in [-0.4, -0.2) is 37.2 Å². The highest BCUT2D eigenvalue weighted by molar-refractivity contribution is 5.71. The quantitative estimate of drug-likeness (QED) is 0.0264. The second kappa shape index (κ2) is 46.6. The van der Waals surface area contributed by atoms with E-state index in [1.54, 1.807) is 0 Å². The molecule has 0 aliphatic carbocycles. The van der Waals surface area contributed by atoms with Gasteiger partial charge in [-0.2, -0.15) is 0 Å². The Kier molecular flexibility index (Phi) is 44.9. The summed E-state index contributed by atoms with van der Waals surface area (Å²) in [5.41, 5.74) is 0. The van der Waals surface area contributed by atoms with Crippen LogP contribution >= 0.6 is 0 Å². The number of esters is 3. The Hall–Kier alpha value is -2.11. The van der Waals surface area contributed by atoms with E-state index >= 15 is 0 Å². The fourth-order valence-electron chi connectivity index (χ4n) is 7.15. The summed E-state index contributed by atoms with van der Waals surface area (Å²) in [6.07, 6.45) is 51.7. The van der Waals surface area contributed by atoms with E-state index in [-0.39, 0.29) is 31.1 Å². The standard InChI is InChI=1S/C51H94O6/c1-4-7-10-13-16-19-21-23-25-26-28-29-32-35-38-41-44-50(53)56-47-48(46-55-49(52)43-40-37-34-31-18-15-12-9-6-3)57-51(54)45-42-39-36-33-30-27-24-22-20-17-14-11-8-5-2/h27,30-31,34,48H,4-26,28-29,32-33,35-47H2,1-3H3/b30-27-,34-31-. The van der Waals surface area contributed by atoms with Crippen LogP contribution in [0.5, 0.6) is 0 Å². The van der Waals surface area contributed by atoms with E-state index in [2.05, 4.69) is 45.1 Å². The van der Waals surface area contributed by atoms with E-state index in [4.69, 9.17) is 14.2 Å². The molecule has 0 spiro atoms. The van der Waals surface area contributed by atoms with Crippen LogP contribution in [0, 0.1) is 0 Å². The van der Waals surface area contributed by atoms with Crippen molar-refractivity contribution >= 4 is 17.9 Å². The number of allylic oxidation sites excluding steroid dienone is 4. The van der Waals surface area contributed by atoms with Crippen LogP contribution in [0.15, 0.2) is 24.3 Å². The lowest BCUT2D eigenvalue weighted by atomic mass is 10.0. The Morgan fingerprint density at radius 2 is 0.596 bits per heavy atom. The molecule has 334 valence electrons. The first kappa shape index (κ1) is 54.9. The van der Waals surface area contributed by atoms with Gasteiger partial charge in [0.15, 0.2) is 6.10 Å². The Labute approximate surface area is 353 Å². The molecule has 0 aromatic carbocycles. The zero-order chi connectivity index (χ0) is 41.5. The zero-order valence-electron chi connectivity index (χ0n) is 38.1. The van der Waals surface area contributed by atoms with Gasteiger partial charge >= 0.3 is 17.9 Å². The monoisotopic (exact) mass is 803 g/mol. The largest absolute Gasteiger partial charge is 0.462 e. The van der Waals surface area contributed by atoms with Crippen molar-refractivity contribution in [1.82, 2.24) is 0 Å². The van der Waals surface area contributed by atoms with Crippen molar-refractivity contribution in [3.05, 3.63) is 24.3 Å². The van der Waals surface area contributed by atoms with Gasteiger partial charge in [-0.05, 0) is 64.2 Å². The maximum atomic E-state index is 12.7. The predicted octanol–water partition coefficient (Wildman–Crippen LogP) is 16.0. The van der Waals surface area contributed by atoms with Crippen LogP contribution < -0.4 is 0 Å². The highest BCUT2D eigenvalue weighted by atomic mass is 16.6. The molecule has 6 nitrogen and oxygen atoms in total. The Bertz CT molecular complexity index is 927. The zero-order valence-corrected chi connectivity index (χ0v) is 38.1. The lowest BCUT2D eigenvalue weighted by molar-refractivity contribution is -0.167. The molecule has 6 heteroatoms. The average molecular weight is 803 g/mol. The van der Waals surface area contributed by atoms with E-state index in [1.165, 1.54) is 154 Å². The van der Waals surface area contributed by atoms with Gasteiger partial charge in [0.05, 0.1) is 0 Å². The Morgan fingerprint density at radius 3 is 0.982 bits per heavy atom. The van der Waals surface area contributed by atoms with Crippen molar-refractivity contribution in [2.45, 2.75) is 271 Å². The summed E-state index contributed by atoms with van der Waals surface area (Å²) in [6.45, 7) is 6.58. The van der Waals surface area contributed by atoms with Crippen molar-refractivity contribution in [3.8, 4) is 0 Å². The topological polar surface area (TPSA) is 78.9 Å². The van der Waals surface area contributed by atoms with Gasteiger partial charge in [-0.3, -0.25) is 14.4 Å². The summed E-state index contributed by atoms with van der Waals surface area (Å²) in [4.78, 5) is 37.8. The van der Waals surface area contributed by atoms with Gasteiger partial charge in [0, 0.05) is 19.3 Å². The molecular weight excluding hydrogens is 709 g/mol. The molecule has 0 aliphatic rings. The molecule has 0 radical (unpaired) electrons. The Balaban J connectivity index is 4.33. The number of carbonyl (C=O) groups excluding carboxylic acids is 3. The van der Waals surface area contributed by atoms with Gasteiger partial charge in [0.1, 0.15) is 13.2 Å². The minimum absolute atomic E-state index is 0.0823. The second-order valence-corrected chi connectivity index (χ2v) is 16.7. The summed E-state index contributed by atoms with van der Waals surface area (Å²) in [6, 6.07) is 0. The molecule has 0 aromatic rings. The molecule has 0 rings (SSSR count). The lowest BCUT2D eigenvalue weighted by Gasteiger charge is -2.18. The van der Waals surface area contributed by atoms with Gasteiger partial charge in [0.2, 0.25) is 0 Å². The van der Waals surface area contributed by atoms with Gasteiger partial charge in [-0.25, -0.2) is 0 Å². The highest BCUT2D eigenvalue weighted by Gasteiger charge is 2.19. The minimum atomic E-state index is -0.784. The van der Waals surface area contributed by atoms with E-state index < -0.39 is 6.10 Å². The summed E-state index contributed by atoms with van der Waals surface area (Å²) in [5, 5.41) is 0. The molecule has 1 unspecified atom stereocenters. The van der Waals surface area contributed by atoms with E-state index in [9.17, 15) is 14.4 Å². The predicted molar refractivity (Wildman–Crippen MR) is 243 cm³/mol. The van der Waals surface area contributed by atoms with Crippen LogP contribution in [0.4, 0.5) is 0 Å². The number of hydrogen-bond donors (Lipinski definition) is 0. The maximum absolute atomic E-state index is 12.7. The maximum Gasteiger partial charge on any atom is 0.306 e. The minimum Gasteiger partial charge on any atom is -0.462 e. The molecule has 57 heavy (non-hydrogen) atoms. The molecule has 0 saturated heterocycles. The van der Waals surface area contributed by atoms with Gasteiger partial charge in [-0.15, -0.1) is 0 Å². The first-order chi connectivity index (χ1) is 28.0. The summed E-state index contributed by atoms with van der Waals surface area (Å²) in [7, 11) is 0. The van der Waals surface area contributed by atoms with Crippen LogP contribution in [0.25, 0.3) is 0 Å². The molecule has 0 fully saturated rings. The molecular formula is C51H94O6. The molecule has 0 saturated carbocycles. The fraction of sp³-hybridized carbons (Fsp3) is 0.863. The summed E-state index contributed by atoms with van der Waals surface area (Å²) in [5.74, 6) is -0.926. The first-order valence-electron chi connectivity index (χ1n) is 24.8. The number of rotatable bonds is 45. The smallest absolute Gasteiger partial charge is 0.306 e. The fourth-order valence-corrected chi connectivity index (χ4v) is 7.15. The van der Waals surface area contributed by atoms with Gasteiger partial charge in [-0.1, -0.05) is 206 Å². The van der Waals surface area contributed by atoms with Crippen molar-refractivity contribution in [2.24, 2.45) is 0 Å². The third kappa shape index (κ3) is 44.8. The van der Waals surface area contributed by atoms with Crippen LogP contribution in [0.1, 0.15) is 265 Å². The SMILES string of the molecule is CCCCCC/C=C\CCCC(=O)OCC(COC(=O)CCCCCCCCCCCCCCCCCC)OC(=O)CCCCC/C=C\CCCCCCCCC. The molecule has 0 heterocycles. The molecule has 0 N–H and O–H groups in total. The molecule has 0 aromatic heterocycles. The molecule has 0 bridgehead atoms. The first-order valence-corrected chi connectivity index (χ1v) is 24.8. The van der Waals surface area contributed by atoms with Crippen molar-refractivity contribution in [2.75, 3.05) is 13.2 Å².